The normalized spacial score (nSPS) is 19.7. The molecule has 1 heterocycles. The van der Waals surface area contributed by atoms with Gasteiger partial charge in [-0.2, -0.15) is 0 Å². The Labute approximate surface area is 113 Å². The van der Waals surface area contributed by atoms with E-state index in [2.05, 4.69) is 0 Å². The number of hydrogen-bond donors (Lipinski definition) is 2. The van der Waals surface area contributed by atoms with Gasteiger partial charge in [0.1, 0.15) is 5.66 Å². The molecule has 1 saturated heterocycles. The van der Waals surface area contributed by atoms with Crippen LogP contribution in [0.4, 0.5) is 0 Å². The summed E-state index contributed by atoms with van der Waals surface area (Å²) in [5.74, 6) is -0.987. The molecule has 0 bridgehead atoms. The van der Waals surface area contributed by atoms with Gasteiger partial charge in [0.2, 0.25) is 5.91 Å². The molecule has 110 valence electrons. The van der Waals surface area contributed by atoms with Crippen LogP contribution >= 0.6 is 0 Å². The lowest BCUT2D eigenvalue weighted by molar-refractivity contribution is -0.175. The first-order valence-corrected chi connectivity index (χ1v) is 6.48. The maximum Gasteiger partial charge on any atom is 0.303 e. The van der Waals surface area contributed by atoms with Gasteiger partial charge in [-0.1, -0.05) is 0 Å². The van der Waals surface area contributed by atoms with Gasteiger partial charge in [0.25, 0.3) is 0 Å². The van der Waals surface area contributed by atoms with Crippen molar-refractivity contribution in [2.24, 2.45) is 5.73 Å². The molecule has 0 aromatic rings. The number of nitrogens with two attached hydrogens (primary N) is 1. The van der Waals surface area contributed by atoms with E-state index in [1.54, 1.807) is 6.92 Å². The second kappa shape index (κ2) is 6.83. The zero-order valence-corrected chi connectivity index (χ0v) is 11.6. The molecular formula is C12H23N3O4. The predicted molar refractivity (Wildman–Crippen MR) is 69.0 cm³/mol. The zero-order chi connectivity index (χ0) is 14.5. The molecule has 0 aromatic heterocycles. The summed E-state index contributed by atoms with van der Waals surface area (Å²) >= 11 is 0. The van der Waals surface area contributed by atoms with Crippen LogP contribution in [-0.4, -0.2) is 59.0 Å². The number of carbonyl (C=O) groups is 2. The van der Waals surface area contributed by atoms with Crippen molar-refractivity contribution in [3.63, 3.8) is 0 Å². The number of aliphatic carboxylic acids is 1. The van der Waals surface area contributed by atoms with Crippen molar-refractivity contribution in [2.45, 2.75) is 38.8 Å². The van der Waals surface area contributed by atoms with E-state index in [1.807, 2.05) is 5.01 Å². The molecule has 0 aliphatic carbocycles. The number of ether oxygens (including phenoxy) is 1. The topological polar surface area (TPSA) is 96.1 Å². The van der Waals surface area contributed by atoms with Gasteiger partial charge >= 0.3 is 5.97 Å². The lowest BCUT2D eigenvalue weighted by atomic mass is 10.0. The molecule has 0 saturated carbocycles. The fraction of sp³-hybridized carbons (Fsp3) is 0.833. The molecule has 1 atom stereocenters. The van der Waals surface area contributed by atoms with E-state index >= 15 is 0 Å². The van der Waals surface area contributed by atoms with E-state index in [0.717, 1.165) is 0 Å². The van der Waals surface area contributed by atoms with Crippen LogP contribution in [0.3, 0.4) is 0 Å². The number of amides is 1. The minimum atomic E-state index is -0.876. The number of hydrazine groups is 1. The molecule has 7 heteroatoms. The SMILES string of the molecule is CC(=O)N(N1CCOCC1)[C@@](C)(N)CCCC(=O)O. The summed E-state index contributed by atoms with van der Waals surface area (Å²) in [6.45, 7) is 5.59. The van der Waals surface area contributed by atoms with E-state index in [0.29, 0.717) is 39.1 Å². The van der Waals surface area contributed by atoms with E-state index in [4.69, 9.17) is 15.6 Å². The molecule has 1 rings (SSSR count). The predicted octanol–water partition coefficient (Wildman–Crippen LogP) is 0.0119. The minimum absolute atomic E-state index is 0.0572. The highest BCUT2D eigenvalue weighted by atomic mass is 16.5. The lowest BCUT2D eigenvalue weighted by Gasteiger charge is -2.46. The number of morpholine rings is 1. The average Bonchev–Trinajstić information content (AvgIpc) is 2.28. The van der Waals surface area contributed by atoms with Crippen LogP contribution in [0.2, 0.25) is 0 Å². The molecule has 1 aliphatic heterocycles. The second-order valence-electron chi connectivity index (χ2n) is 5.00. The van der Waals surface area contributed by atoms with Gasteiger partial charge in [0.15, 0.2) is 0 Å². The third-order valence-corrected chi connectivity index (χ3v) is 3.13. The Morgan fingerprint density at radius 2 is 2.00 bits per heavy atom. The van der Waals surface area contributed by atoms with Crippen molar-refractivity contribution < 1.29 is 19.4 Å². The average molecular weight is 273 g/mol. The highest BCUT2D eigenvalue weighted by Gasteiger charge is 2.34. The van der Waals surface area contributed by atoms with Crippen LogP contribution < -0.4 is 5.73 Å². The largest absolute Gasteiger partial charge is 0.481 e. The van der Waals surface area contributed by atoms with Gasteiger partial charge in [-0.05, 0) is 19.8 Å². The fourth-order valence-electron chi connectivity index (χ4n) is 2.34. The standard InChI is InChI=1S/C12H23N3O4/c1-10(16)15(14-6-8-19-9-7-14)12(2,13)5-3-4-11(17)18/h3-9,13H2,1-2H3,(H,17,18)/t12-/m1/s1. The number of nitrogens with zero attached hydrogens (tertiary/aromatic N) is 2. The van der Waals surface area contributed by atoms with Crippen LogP contribution in [0.5, 0.6) is 0 Å². The molecule has 1 amide bonds. The van der Waals surface area contributed by atoms with Gasteiger partial charge < -0.3 is 15.6 Å². The summed E-state index contributed by atoms with van der Waals surface area (Å²) in [6.07, 6.45) is 0.939. The summed E-state index contributed by atoms with van der Waals surface area (Å²) in [6, 6.07) is 0. The van der Waals surface area contributed by atoms with Gasteiger partial charge in [0, 0.05) is 26.4 Å². The first-order chi connectivity index (χ1) is 8.84. The maximum atomic E-state index is 11.8. The molecular weight excluding hydrogens is 250 g/mol. The van der Waals surface area contributed by atoms with Crippen LogP contribution in [-0.2, 0) is 14.3 Å². The Bertz CT molecular complexity index is 327. The molecule has 1 aliphatic rings. The summed E-state index contributed by atoms with van der Waals surface area (Å²) in [5.41, 5.74) is 5.33. The zero-order valence-electron chi connectivity index (χ0n) is 11.6. The third kappa shape index (κ3) is 4.77. The Morgan fingerprint density at radius 3 is 2.47 bits per heavy atom. The number of rotatable bonds is 6. The number of carbonyl (C=O) groups excluding carboxylic acids is 1. The van der Waals surface area contributed by atoms with E-state index in [-0.39, 0.29) is 12.3 Å². The van der Waals surface area contributed by atoms with Crippen molar-refractivity contribution in [3.05, 3.63) is 0 Å². The second-order valence-corrected chi connectivity index (χ2v) is 5.00. The van der Waals surface area contributed by atoms with Gasteiger partial charge in [-0.25, -0.2) is 5.01 Å². The van der Waals surface area contributed by atoms with Crippen molar-refractivity contribution >= 4 is 11.9 Å². The number of carboxylic acid groups (broad SMARTS) is 1. The van der Waals surface area contributed by atoms with Crippen molar-refractivity contribution in [3.8, 4) is 0 Å². The number of hydrogen-bond acceptors (Lipinski definition) is 5. The van der Waals surface area contributed by atoms with Crippen molar-refractivity contribution in [2.75, 3.05) is 26.3 Å². The monoisotopic (exact) mass is 273 g/mol. The van der Waals surface area contributed by atoms with Gasteiger partial charge in [-0.3, -0.25) is 14.6 Å². The highest BCUT2D eigenvalue weighted by molar-refractivity contribution is 5.73. The summed E-state index contributed by atoms with van der Waals surface area (Å²) in [4.78, 5) is 22.4. The van der Waals surface area contributed by atoms with Crippen molar-refractivity contribution in [1.82, 2.24) is 10.0 Å². The first-order valence-electron chi connectivity index (χ1n) is 6.48. The van der Waals surface area contributed by atoms with Crippen LogP contribution in [0.1, 0.15) is 33.1 Å². The quantitative estimate of drug-likeness (QED) is 0.662. The van der Waals surface area contributed by atoms with Crippen molar-refractivity contribution in [1.29, 1.82) is 0 Å². The fourth-order valence-corrected chi connectivity index (χ4v) is 2.34. The minimum Gasteiger partial charge on any atom is -0.481 e. The molecule has 7 nitrogen and oxygen atoms in total. The Balaban J connectivity index is 2.66. The van der Waals surface area contributed by atoms with Crippen LogP contribution in [0.15, 0.2) is 0 Å². The van der Waals surface area contributed by atoms with Crippen LogP contribution in [0.25, 0.3) is 0 Å². The first kappa shape index (κ1) is 15.9. The molecule has 0 unspecified atom stereocenters. The summed E-state index contributed by atoms with van der Waals surface area (Å²) < 4.78 is 5.26. The molecule has 3 N–H and O–H groups in total. The van der Waals surface area contributed by atoms with E-state index < -0.39 is 11.6 Å². The van der Waals surface area contributed by atoms with Gasteiger partial charge in [-0.15, -0.1) is 0 Å². The Kier molecular flexibility index (Phi) is 5.71. The third-order valence-electron chi connectivity index (χ3n) is 3.13. The molecule has 19 heavy (non-hydrogen) atoms. The molecule has 0 aromatic carbocycles. The highest BCUT2D eigenvalue weighted by Crippen LogP contribution is 2.20. The van der Waals surface area contributed by atoms with Crippen LogP contribution in [0, 0.1) is 0 Å². The lowest BCUT2D eigenvalue weighted by Crippen LogP contribution is -2.64. The molecule has 0 radical (unpaired) electrons. The Hall–Kier alpha value is -1.18. The Morgan fingerprint density at radius 1 is 1.42 bits per heavy atom. The summed E-state index contributed by atoms with van der Waals surface area (Å²) in [5, 5.41) is 12.1. The van der Waals surface area contributed by atoms with Gasteiger partial charge in [0.05, 0.1) is 13.2 Å². The smallest absolute Gasteiger partial charge is 0.303 e. The van der Waals surface area contributed by atoms with E-state index in [9.17, 15) is 9.59 Å². The van der Waals surface area contributed by atoms with E-state index in [1.165, 1.54) is 11.9 Å². The number of carboxylic acids is 1. The molecule has 1 fully saturated rings. The maximum absolute atomic E-state index is 11.8. The summed E-state index contributed by atoms with van der Waals surface area (Å²) in [7, 11) is 0. The molecule has 0 spiro atoms.